The number of benzene rings is 1. The average molecular weight is 306 g/mol. The van der Waals surface area contributed by atoms with Gasteiger partial charge in [0.15, 0.2) is 0 Å². The van der Waals surface area contributed by atoms with Gasteiger partial charge >= 0.3 is 0 Å². The van der Waals surface area contributed by atoms with Crippen LogP contribution in [0.4, 0.5) is 0 Å². The first-order chi connectivity index (χ1) is 10.2. The van der Waals surface area contributed by atoms with Crippen molar-refractivity contribution in [3.8, 4) is 0 Å². The van der Waals surface area contributed by atoms with Crippen LogP contribution in [0.25, 0.3) is 0 Å². The van der Waals surface area contributed by atoms with E-state index in [0.717, 1.165) is 13.1 Å². The molecule has 0 spiro atoms. The van der Waals surface area contributed by atoms with Gasteiger partial charge in [0.05, 0.1) is 6.61 Å². The highest BCUT2D eigenvalue weighted by molar-refractivity contribution is 6.29. The Bertz CT molecular complexity index is 659. The number of ether oxygens (including phenoxy) is 1. The van der Waals surface area contributed by atoms with Gasteiger partial charge in [0.2, 0.25) is 0 Å². The van der Waals surface area contributed by atoms with Crippen LogP contribution in [0.1, 0.15) is 17.5 Å². The molecule has 0 radical (unpaired) electrons. The van der Waals surface area contributed by atoms with Crippen molar-refractivity contribution < 1.29 is 4.74 Å². The highest BCUT2D eigenvalue weighted by atomic mass is 35.5. The second-order valence-electron chi connectivity index (χ2n) is 5.03. The molecule has 6 heteroatoms. The molecule has 0 bridgehead atoms. The number of halogens is 1. The summed E-state index contributed by atoms with van der Waals surface area (Å²) in [5.41, 5.74) is 1.000. The molecule has 0 aliphatic carbocycles. The topological polar surface area (TPSA) is 58.2 Å². The third-order valence-electron chi connectivity index (χ3n) is 3.43. The predicted molar refractivity (Wildman–Crippen MR) is 80.3 cm³/mol. The molecule has 2 heterocycles. The van der Waals surface area contributed by atoms with E-state index in [0.29, 0.717) is 19.0 Å². The lowest BCUT2D eigenvalue weighted by Gasteiger charge is -2.32. The van der Waals surface area contributed by atoms with E-state index < -0.39 is 0 Å². The Kier molecular flexibility index (Phi) is 4.34. The number of nitrogens with zero attached hydrogens (tertiary/aromatic N) is 2. The molecule has 0 amide bonds. The Morgan fingerprint density at radius 1 is 1.38 bits per heavy atom. The smallest absolute Gasteiger partial charge is 0.252 e. The second-order valence-corrected chi connectivity index (χ2v) is 5.42. The fourth-order valence-corrected chi connectivity index (χ4v) is 2.64. The standard InChI is InChI=1S/C15H16ClN3O2/c16-13-8-14(20)18-15(17-13)12-10-19(6-7-21-12)9-11-4-2-1-3-5-11/h1-5,8,12H,6-7,9-10H2,(H,17,18,20). The third kappa shape index (κ3) is 3.69. The van der Waals surface area contributed by atoms with Gasteiger partial charge in [-0.1, -0.05) is 41.9 Å². The molecule has 1 atom stereocenters. The van der Waals surface area contributed by atoms with Crippen LogP contribution in [-0.4, -0.2) is 34.6 Å². The fraction of sp³-hybridized carbons (Fsp3) is 0.333. The van der Waals surface area contributed by atoms with Gasteiger partial charge < -0.3 is 9.72 Å². The zero-order valence-electron chi connectivity index (χ0n) is 11.5. The first-order valence-electron chi connectivity index (χ1n) is 6.85. The Morgan fingerprint density at radius 3 is 2.95 bits per heavy atom. The van der Waals surface area contributed by atoms with E-state index in [1.807, 2.05) is 18.2 Å². The van der Waals surface area contributed by atoms with Crippen LogP contribution in [0.5, 0.6) is 0 Å². The summed E-state index contributed by atoms with van der Waals surface area (Å²) in [6, 6.07) is 11.5. The predicted octanol–water partition coefficient (Wildman–Crippen LogP) is 2.00. The Hall–Kier alpha value is -1.69. The molecule has 1 unspecified atom stereocenters. The summed E-state index contributed by atoms with van der Waals surface area (Å²) in [6.45, 7) is 2.99. The lowest BCUT2D eigenvalue weighted by atomic mass is 10.2. The lowest BCUT2D eigenvalue weighted by Crippen LogP contribution is -2.38. The van der Waals surface area contributed by atoms with Crippen LogP contribution in [-0.2, 0) is 11.3 Å². The van der Waals surface area contributed by atoms with E-state index in [2.05, 4.69) is 27.0 Å². The van der Waals surface area contributed by atoms with Gasteiger partial charge in [0.25, 0.3) is 5.56 Å². The minimum atomic E-state index is -0.256. The van der Waals surface area contributed by atoms with Gasteiger partial charge in [-0.3, -0.25) is 9.69 Å². The summed E-state index contributed by atoms with van der Waals surface area (Å²) in [4.78, 5) is 20.6. The van der Waals surface area contributed by atoms with Crippen molar-refractivity contribution >= 4 is 11.6 Å². The first kappa shape index (κ1) is 14.3. The highest BCUT2D eigenvalue weighted by Gasteiger charge is 2.24. The molecule has 110 valence electrons. The van der Waals surface area contributed by atoms with E-state index in [1.165, 1.54) is 11.6 Å². The Morgan fingerprint density at radius 2 is 2.19 bits per heavy atom. The molecule has 1 aliphatic heterocycles. The van der Waals surface area contributed by atoms with Crippen molar-refractivity contribution in [2.45, 2.75) is 12.6 Å². The molecule has 1 aliphatic rings. The number of aromatic amines is 1. The summed E-state index contributed by atoms with van der Waals surface area (Å²) in [6.07, 6.45) is -0.256. The van der Waals surface area contributed by atoms with E-state index in [9.17, 15) is 4.79 Å². The summed E-state index contributed by atoms with van der Waals surface area (Å²) in [7, 11) is 0. The monoisotopic (exact) mass is 305 g/mol. The quantitative estimate of drug-likeness (QED) is 0.881. The maximum Gasteiger partial charge on any atom is 0.252 e. The van der Waals surface area contributed by atoms with Crippen molar-refractivity contribution in [3.63, 3.8) is 0 Å². The van der Waals surface area contributed by atoms with Gasteiger partial charge in [0, 0.05) is 25.7 Å². The number of morpholine rings is 1. The zero-order valence-corrected chi connectivity index (χ0v) is 12.2. The minimum Gasteiger partial charge on any atom is -0.368 e. The van der Waals surface area contributed by atoms with Crippen LogP contribution >= 0.6 is 11.6 Å². The van der Waals surface area contributed by atoms with E-state index in [4.69, 9.17) is 16.3 Å². The number of hydrogen-bond acceptors (Lipinski definition) is 4. The molecular weight excluding hydrogens is 290 g/mol. The molecule has 1 aromatic carbocycles. The molecule has 0 saturated carbocycles. The SMILES string of the molecule is O=c1cc(Cl)nc(C2CN(Cc3ccccc3)CCO2)[nH]1. The van der Waals surface area contributed by atoms with E-state index >= 15 is 0 Å². The fourth-order valence-electron chi connectivity index (χ4n) is 2.45. The van der Waals surface area contributed by atoms with Crippen molar-refractivity contribution in [2.24, 2.45) is 0 Å². The Labute approximate surface area is 127 Å². The van der Waals surface area contributed by atoms with E-state index in [-0.39, 0.29) is 16.8 Å². The van der Waals surface area contributed by atoms with Gasteiger partial charge in [-0.25, -0.2) is 4.98 Å². The molecule has 1 saturated heterocycles. The van der Waals surface area contributed by atoms with Gasteiger partial charge in [-0.05, 0) is 5.56 Å². The Balaban J connectivity index is 1.72. The van der Waals surface area contributed by atoms with Crippen molar-refractivity contribution in [1.82, 2.24) is 14.9 Å². The normalized spacial score (nSPS) is 19.6. The second kappa shape index (κ2) is 6.39. The molecule has 1 N–H and O–H groups in total. The number of rotatable bonds is 3. The van der Waals surface area contributed by atoms with Crippen LogP contribution in [0.2, 0.25) is 5.15 Å². The largest absolute Gasteiger partial charge is 0.368 e. The average Bonchev–Trinajstić information content (AvgIpc) is 2.47. The molecule has 5 nitrogen and oxygen atoms in total. The van der Waals surface area contributed by atoms with Crippen LogP contribution in [0.3, 0.4) is 0 Å². The number of aromatic nitrogens is 2. The van der Waals surface area contributed by atoms with Crippen molar-refractivity contribution in [2.75, 3.05) is 19.7 Å². The summed E-state index contributed by atoms with van der Waals surface area (Å²) in [5.74, 6) is 0.491. The maximum atomic E-state index is 11.5. The lowest BCUT2D eigenvalue weighted by molar-refractivity contribution is -0.0373. The van der Waals surface area contributed by atoms with Crippen LogP contribution in [0.15, 0.2) is 41.2 Å². The van der Waals surface area contributed by atoms with Crippen molar-refractivity contribution in [1.29, 1.82) is 0 Å². The zero-order chi connectivity index (χ0) is 14.7. The molecule has 3 rings (SSSR count). The third-order valence-corrected chi connectivity index (χ3v) is 3.63. The number of nitrogens with one attached hydrogen (secondary N) is 1. The summed E-state index contributed by atoms with van der Waals surface area (Å²) >= 11 is 5.84. The van der Waals surface area contributed by atoms with Gasteiger partial charge in [-0.2, -0.15) is 0 Å². The number of H-pyrrole nitrogens is 1. The molecule has 1 aromatic heterocycles. The minimum absolute atomic E-state index is 0.192. The van der Waals surface area contributed by atoms with Gasteiger partial charge in [0.1, 0.15) is 17.1 Å². The van der Waals surface area contributed by atoms with Crippen LogP contribution in [0, 0.1) is 0 Å². The molecule has 1 fully saturated rings. The van der Waals surface area contributed by atoms with Crippen LogP contribution < -0.4 is 5.56 Å². The van der Waals surface area contributed by atoms with E-state index in [1.54, 1.807) is 0 Å². The van der Waals surface area contributed by atoms with Gasteiger partial charge in [-0.15, -0.1) is 0 Å². The molecule has 2 aromatic rings. The summed E-state index contributed by atoms with van der Waals surface area (Å²) < 4.78 is 5.71. The maximum absolute atomic E-state index is 11.5. The number of hydrogen-bond donors (Lipinski definition) is 1. The molecular formula is C15H16ClN3O2. The summed E-state index contributed by atoms with van der Waals surface area (Å²) in [5, 5.41) is 0.192. The molecule has 21 heavy (non-hydrogen) atoms. The van der Waals surface area contributed by atoms with Crippen molar-refractivity contribution in [3.05, 3.63) is 63.3 Å². The highest BCUT2D eigenvalue weighted by Crippen LogP contribution is 2.20. The first-order valence-corrected chi connectivity index (χ1v) is 7.23.